The van der Waals surface area contributed by atoms with Gasteiger partial charge in [-0.05, 0) is 37.4 Å². The van der Waals surface area contributed by atoms with Crippen molar-refractivity contribution in [3.63, 3.8) is 0 Å². The second-order valence-corrected chi connectivity index (χ2v) is 10.3. The molecule has 1 unspecified atom stereocenters. The van der Waals surface area contributed by atoms with Gasteiger partial charge in [0.05, 0.1) is 24.0 Å². The molecule has 1 saturated heterocycles. The second kappa shape index (κ2) is 12.8. The van der Waals surface area contributed by atoms with Crippen molar-refractivity contribution in [2.24, 2.45) is 5.41 Å². The Kier molecular flexibility index (Phi) is 10.1. The number of hydrogen-bond acceptors (Lipinski definition) is 6. The Balaban J connectivity index is 0.000000423. The number of hydrogen-bond donors (Lipinski definition) is 1. The third-order valence-corrected chi connectivity index (χ3v) is 6.85. The molecule has 0 amide bonds. The van der Waals surface area contributed by atoms with E-state index in [4.69, 9.17) is 9.47 Å². The number of para-hydroxylation sites is 1. The Bertz CT molecular complexity index is 1380. The topological polar surface area (TPSA) is 73.3 Å². The molecule has 2 aliphatic heterocycles. The Morgan fingerprint density at radius 1 is 1.32 bits per heavy atom. The van der Waals surface area contributed by atoms with E-state index in [1.165, 1.54) is 25.1 Å². The van der Waals surface area contributed by atoms with Crippen LogP contribution in [0.25, 0.3) is 10.9 Å². The fourth-order valence-electron chi connectivity index (χ4n) is 4.32. The van der Waals surface area contributed by atoms with E-state index in [-0.39, 0.29) is 53.7 Å². The molecule has 40 heavy (non-hydrogen) atoms. The van der Waals surface area contributed by atoms with Gasteiger partial charge in [0.2, 0.25) is 0 Å². The summed E-state index contributed by atoms with van der Waals surface area (Å²) in [5.74, 6) is -2.67. The monoisotopic (exact) mass is 545 g/mol. The summed E-state index contributed by atoms with van der Waals surface area (Å²) in [7, 11) is 0. The van der Waals surface area contributed by atoms with E-state index in [0.717, 1.165) is 0 Å². The van der Waals surface area contributed by atoms with Crippen LogP contribution < -0.4 is 28.9 Å². The maximum absolute atomic E-state index is 14.9. The standard InChI is InChI=1S/C24H23F3N3O.C6H8O2.Li/c1-13(2)24(26,27)19-7-5-6-17-15(4)28-23-18-9-8-16(25)12-20(18)29-22(30-23)14(3)10-11-31-21(17)19;1-6(2-3-7)4-8-5-6;/h5-7,9,12,14-15H,1,10-11H2,2-4H3,(H,28,29,30);1-2,4-5H2;/q-1;-2;+1/t14?,15-;;/m1../s1. The molecular weight excluding hydrogens is 514 g/mol. The van der Waals surface area contributed by atoms with Crippen molar-refractivity contribution < 1.29 is 46.3 Å². The number of aromatic nitrogens is 2. The van der Waals surface area contributed by atoms with E-state index in [2.05, 4.69) is 34.9 Å². The summed E-state index contributed by atoms with van der Waals surface area (Å²) in [5, 5.41) is 3.89. The summed E-state index contributed by atoms with van der Waals surface area (Å²) in [6, 6.07) is 9.64. The SMILES string of the molecule is C=C(C)C(F)(F)c1cccc2c1OCCC(C)c1nc(c3c[c-]c(F)cc3n1)N[C@@H]2C.[CH2-]C1(C[C-]=O)COC1.[Li+]. The largest absolute Gasteiger partial charge is 1.00 e. The van der Waals surface area contributed by atoms with Crippen LogP contribution in [0.1, 0.15) is 62.5 Å². The van der Waals surface area contributed by atoms with Crippen LogP contribution in [-0.2, 0) is 15.5 Å². The maximum Gasteiger partial charge on any atom is 1.00 e. The molecule has 1 fully saturated rings. The predicted octanol–water partition coefficient (Wildman–Crippen LogP) is 3.64. The molecule has 0 radical (unpaired) electrons. The van der Waals surface area contributed by atoms with Crippen molar-refractivity contribution in [2.75, 3.05) is 25.1 Å². The van der Waals surface area contributed by atoms with Gasteiger partial charge in [0, 0.05) is 30.5 Å². The smallest absolute Gasteiger partial charge is 0.542 e. The first-order valence-corrected chi connectivity index (χ1v) is 12.7. The minimum atomic E-state index is -3.23. The van der Waals surface area contributed by atoms with Crippen molar-refractivity contribution in [2.45, 2.75) is 51.5 Å². The predicted molar refractivity (Wildman–Crippen MR) is 143 cm³/mol. The number of benzene rings is 2. The van der Waals surface area contributed by atoms with Crippen molar-refractivity contribution in [1.29, 1.82) is 0 Å². The number of halogens is 3. The van der Waals surface area contributed by atoms with Crippen molar-refractivity contribution in [3.8, 4) is 5.75 Å². The number of carbonyl (C=O) groups excluding carboxylic acids is 1. The number of fused-ring (bicyclic) bond motifs is 5. The van der Waals surface area contributed by atoms with Crippen LogP contribution in [0.5, 0.6) is 5.75 Å². The molecule has 208 valence electrons. The summed E-state index contributed by atoms with van der Waals surface area (Å²) in [4.78, 5) is 19.0. The summed E-state index contributed by atoms with van der Waals surface area (Å²) in [6.45, 7) is 13.7. The number of alkyl halides is 2. The third kappa shape index (κ3) is 6.71. The van der Waals surface area contributed by atoms with Crippen molar-refractivity contribution in [3.05, 3.63) is 78.2 Å². The van der Waals surface area contributed by atoms with Gasteiger partial charge in [0.1, 0.15) is 11.6 Å². The molecule has 6 nitrogen and oxygen atoms in total. The molecule has 0 saturated carbocycles. The molecule has 2 atom stereocenters. The number of anilines is 1. The summed E-state index contributed by atoms with van der Waals surface area (Å²) in [5.41, 5.74) is 0.449. The molecule has 0 aliphatic carbocycles. The van der Waals surface area contributed by atoms with Gasteiger partial charge in [0.25, 0.3) is 5.92 Å². The van der Waals surface area contributed by atoms with Gasteiger partial charge < -0.3 is 26.5 Å². The summed E-state index contributed by atoms with van der Waals surface area (Å²) in [6.07, 6.45) is 2.73. The molecular formula is C30H31F3LiN3O3-2. The van der Waals surface area contributed by atoms with E-state index in [1.54, 1.807) is 12.1 Å². The zero-order valence-electron chi connectivity index (χ0n) is 23.2. The first kappa shape index (κ1) is 31.7. The van der Waals surface area contributed by atoms with Crippen LogP contribution in [-0.4, -0.2) is 36.1 Å². The van der Waals surface area contributed by atoms with Crippen molar-refractivity contribution >= 4 is 23.0 Å². The minimum Gasteiger partial charge on any atom is -0.542 e. The van der Waals surface area contributed by atoms with E-state index in [9.17, 15) is 18.0 Å². The Morgan fingerprint density at radius 3 is 2.65 bits per heavy atom. The zero-order valence-corrected chi connectivity index (χ0v) is 23.2. The normalized spacial score (nSPS) is 19.6. The number of nitrogens with zero attached hydrogens (tertiary/aromatic N) is 2. The molecule has 3 aromatic rings. The molecule has 2 aromatic carbocycles. The third-order valence-electron chi connectivity index (χ3n) is 6.85. The van der Waals surface area contributed by atoms with Gasteiger partial charge in [-0.15, -0.1) is 17.5 Å². The molecule has 2 bridgehead atoms. The quantitative estimate of drug-likeness (QED) is 0.307. The minimum absolute atomic E-state index is 0. The summed E-state index contributed by atoms with van der Waals surface area (Å²) < 4.78 is 54.4. The number of nitrogens with one attached hydrogen (secondary N) is 1. The molecule has 0 spiro atoms. The fourth-order valence-corrected chi connectivity index (χ4v) is 4.32. The maximum atomic E-state index is 14.9. The Morgan fingerprint density at radius 2 is 2.05 bits per heavy atom. The van der Waals surface area contributed by atoms with E-state index in [0.29, 0.717) is 54.2 Å². The van der Waals surface area contributed by atoms with Gasteiger partial charge in [-0.2, -0.15) is 21.3 Å². The first-order chi connectivity index (χ1) is 18.4. The van der Waals surface area contributed by atoms with Crippen LogP contribution >= 0.6 is 0 Å². The van der Waals surface area contributed by atoms with Gasteiger partial charge in [-0.1, -0.05) is 31.0 Å². The zero-order chi connectivity index (χ0) is 28.4. The molecule has 1 N–H and O–H groups in total. The molecule has 2 aliphatic rings. The number of rotatable bonds is 4. The van der Waals surface area contributed by atoms with E-state index < -0.39 is 17.8 Å². The molecule has 3 heterocycles. The fraction of sp³-hybridized carbons (Fsp3) is 0.400. The first-order valence-electron chi connectivity index (χ1n) is 12.7. The van der Waals surface area contributed by atoms with E-state index in [1.807, 2.05) is 20.1 Å². The average Bonchev–Trinajstić information content (AvgIpc) is 2.88. The van der Waals surface area contributed by atoms with Crippen LogP contribution in [0.2, 0.25) is 0 Å². The van der Waals surface area contributed by atoms with Gasteiger partial charge in [0.15, 0.2) is 0 Å². The summed E-state index contributed by atoms with van der Waals surface area (Å²) >= 11 is 0. The van der Waals surface area contributed by atoms with Crippen LogP contribution in [0, 0.1) is 24.2 Å². The molecule has 10 heteroatoms. The second-order valence-electron chi connectivity index (χ2n) is 10.3. The number of allylic oxidation sites excluding steroid dienone is 1. The van der Waals surface area contributed by atoms with Gasteiger partial charge >= 0.3 is 18.9 Å². The average molecular weight is 546 g/mol. The molecule has 5 rings (SSSR count). The van der Waals surface area contributed by atoms with Crippen LogP contribution in [0.4, 0.5) is 19.0 Å². The Labute approximate surface area is 244 Å². The number of ether oxygens (including phenoxy) is 2. The van der Waals surface area contributed by atoms with Gasteiger partial charge in [-0.3, -0.25) is 11.3 Å². The van der Waals surface area contributed by atoms with Crippen molar-refractivity contribution in [1.82, 2.24) is 9.97 Å². The van der Waals surface area contributed by atoms with Gasteiger partial charge in [-0.25, -0.2) is 9.37 Å². The Hall–Kier alpha value is -2.86. The van der Waals surface area contributed by atoms with E-state index >= 15 is 0 Å². The van der Waals surface area contributed by atoms with Crippen LogP contribution in [0.15, 0.2) is 42.5 Å². The van der Waals surface area contributed by atoms with Crippen LogP contribution in [0.3, 0.4) is 0 Å². The molecule has 1 aromatic heterocycles.